The highest BCUT2D eigenvalue weighted by molar-refractivity contribution is 5.43. The molecule has 0 saturated carbocycles. The summed E-state index contributed by atoms with van der Waals surface area (Å²) >= 11 is 0. The molecule has 0 radical (unpaired) electrons. The maximum atomic E-state index is 9.14. The van der Waals surface area contributed by atoms with E-state index in [1.807, 2.05) is 13.0 Å². The Kier molecular flexibility index (Phi) is 6.16. The van der Waals surface area contributed by atoms with Crippen LogP contribution in [0.15, 0.2) is 12.1 Å². The van der Waals surface area contributed by atoms with Crippen LogP contribution < -0.4 is 10.5 Å². The van der Waals surface area contributed by atoms with Crippen LogP contribution in [-0.4, -0.2) is 24.9 Å². The maximum Gasteiger partial charge on any atom is 0.122 e. The SMILES string of the molecule is CCOc1ccc(CCC(CN)CO)c(C)c1C. The van der Waals surface area contributed by atoms with Crippen molar-refractivity contribution in [1.82, 2.24) is 0 Å². The van der Waals surface area contributed by atoms with Crippen molar-refractivity contribution in [3.8, 4) is 5.75 Å². The Labute approximate surface area is 110 Å². The number of ether oxygens (including phenoxy) is 1. The summed E-state index contributed by atoms with van der Waals surface area (Å²) in [5.41, 5.74) is 9.42. The Hall–Kier alpha value is -1.06. The number of rotatable bonds is 7. The minimum absolute atomic E-state index is 0.172. The van der Waals surface area contributed by atoms with E-state index in [1.54, 1.807) is 0 Å². The molecule has 1 atom stereocenters. The van der Waals surface area contributed by atoms with Crippen LogP contribution in [0, 0.1) is 19.8 Å². The van der Waals surface area contributed by atoms with Crippen molar-refractivity contribution in [1.29, 1.82) is 0 Å². The monoisotopic (exact) mass is 251 g/mol. The molecule has 0 aliphatic heterocycles. The van der Waals surface area contributed by atoms with Crippen LogP contribution in [0.3, 0.4) is 0 Å². The van der Waals surface area contributed by atoms with Gasteiger partial charge < -0.3 is 15.6 Å². The summed E-state index contributed by atoms with van der Waals surface area (Å²) in [5, 5.41) is 9.14. The Balaban J connectivity index is 2.75. The van der Waals surface area contributed by atoms with Crippen LogP contribution in [-0.2, 0) is 6.42 Å². The lowest BCUT2D eigenvalue weighted by atomic mass is 9.95. The molecule has 0 aromatic heterocycles. The predicted octanol–water partition coefficient (Wildman–Crippen LogP) is 2.20. The van der Waals surface area contributed by atoms with Crippen LogP contribution in [0.4, 0.5) is 0 Å². The molecule has 0 aliphatic carbocycles. The Bertz CT molecular complexity index is 373. The second-order valence-corrected chi connectivity index (χ2v) is 4.73. The van der Waals surface area contributed by atoms with Gasteiger partial charge in [-0.1, -0.05) is 6.07 Å². The third-order valence-electron chi connectivity index (χ3n) is 3.56. The Morgan fingerprint density at radius 2 is 2.00 bits per heavy atom. The zero-order valence-electron chi connectivity index (χ0n) is 11.7. The molecule has 3 nitrogen and oxygen atoms in total. The second kappa shape index (κ2) is 7.39. The lowest BCUT2D eigenvalue weighted by molar-refractivity contribution is 0.223. The summed E-state index contributed by atoms with van der Waals surface area (Å²) in [6.45, 7) is 7.63. The minimum atomic E-state index is 0.172. The van der Waals surface area contributed by atoms with Crippen LogP contribution in [0.25, 0.3) is 0 Å². The molecule has 0 saturated heterocycles. The quantitative estimate of drug-likeness (QED) is 0.781. The molecule has 1 unspecified atom stereocenters. The van der Waals surface area contributed by atoms with Crippen molar-refractivity contribution in [3.05, 3.63) is 28.8 Å². The van der Waals surface area contributed by atoms with Gasteiger partial charge in [-0.25, -0.2) is 0 Å². The molecule has 0 amide bonds. The molecule has 102 valence electrons. The summed E-state index contributed by atoms with van der Waals surface area (Å²) in [6.07, 6.45) is 1.89. The van der Waals surface area contributed by atoms with E-state index in [0.717, 1.165) is 18.6 Å². The fraction of sp³-hybridized carbons (Fsp3) is 0.600. The van der Waals surface area contributed by atoms with E-state index in [-0.39, 0.29) is 12.5 Å². The lowest BCUT2D eigenvalue weighted by Gasteiger charge is -2.16. The fourth-order valence-electron chi connectivity index (χ4n) is 2.08. The molecule has 1 rings (SSSR count). The van der Waals surface area contributed by atoms with Crippen molar-refractivity contribution >= 4 is 0 Å². The van der Waals surface area contributed by atoms with Gasteiger partial charge in [-0.05, 0) is 68.8 Å². The Morgan fingerprint density at radius 1 is 1.28 bits per heavy atom. The number of hydrogen-bond acceptors (Lipinski definition) is 3. The van der Waals surface area contributed by atoms with Crippen molar-refractivity contribution in [2.24, 2.45) is 11.7 Å². The van der Waals surface area contributed by atoms with E-state index in [4.69, 9.17) is 15.6 Å². The van der Waals surface area contributed by atoms with Gasteiger partial charge in [-0.15, -0.1) is 0 Å². The highest BCUT2D eigenvalue weighted by Crippen LogP contribution is 2.25. The number of aliphatic hydroxyl groups excluding tert-OH is 1. The number of nitrogens with two attached hydrogens (primary N) is 1. The summed E-state index contributed by atoms with van der Waals surface area (Å²) in [7, 11) is 0. The minimum Gasteiger partial charge on any atom is -0.494 e. The molecule has 1 aromatic rings. The van der Waals surface area contributed by atoms with Crippen LogP contribution in [0.2, 0.25) is 0 Å². The van der Waals surface area contributed by atoms with Gasteiger partial charge in [0, 0.05) is 6.61 Å². The van der Waals surface area contributed by atoms with E-state index < -0.39 is 0 Å². The topological polar surface area (TPSA) is 55.5 Å². The molecule has 3 heteroatoms. The van der Waals surface area contributed by atoms with E-state index in [9.17, 15) is 0 Å². The highest BCUT2D eigenvalue weighted by atomic mass is 16.5. The third-order valence-corrected chi connectivity index (χ3v) is 3.56. The first-order valence-corrected chi connectivity index (χ1v) is 6.66. The summed E-state index contributed by atoms with van der Waals surface area (Å²) < 4.78 is 5.58. The highest BCUT2D eigenvalue weighted by Gasteiger charge is 2.10. The fourth-order valence-corrected chi connectivity index (χ4v) is 2.08. The van der Waals surface area contributed by atoms with Gasteiger partial charge in [0.2, 0.25) is 0 Å². The number of aliphatic hydroxyl groups is 1. The molecule has 3 N–H and O–H groups in total. The average Bonchev–Trinajstić information content (AvgIpc) is 2.38. The first kappa shape index (κ1) is 15.0. The van der Waals surface area contributed by atoms with Crippen molar-refractivity contribution in [2.45, 2.75) is 33.6 Å². The van der Waals surface area contributed by atoms with E-state index in [1.165, 1.54) is 16.7 Å². The molecular formula is C15H25NO2. The summed E-state index contributed by atoms with van der Waals surface area (Å²) in [6, 6.07) is 4.16. The van der Waals surface area contributed by atoms with Crippen molar-refractivity contribution in [2.75, 3.05) is 19.8 Å². The van der Waals surface area contributed by atoms with E-state index >= 15 is 0 Å². The van der Waals surface area contributed by atoms with Crippen LogP contribution in [0.5, 0.6) is 5.75 Å². The molecular weight excluding hydrogens is 226 g/mol. The largest absolute Gasteiger partial charge is 0.494 e. The number of benzene rings is 1. The predicted molar refractivity (Wildman–Crippen MR) is 75.0 cm³/mol. The van der Waals surface area contributed by atoms with Gasteiger partial charge in [-0.3, -0.25) is 0 Å². The maximum absolute atomic E-state index is 9.14. The van der Waals surface area contributed by atoms with Gasteiger partial charge in [-0.2, -0.15) is 0 Å². The van der Waals surface area contributed by atoms with E-state index in [0.29, 0.717) is 13.2 Å². The molecule has 1 aromatic carbocycles. The van der Waals surface area contributed by atoms with E-state index in [2.05, 4.69) is 19.9 Å². The molecule has 0 fully saturated rings. The van der Waals surface area contributed by atoms with Gasteiger partial charge in [0.05, 0.1) is 6.61 Å². The molecule has 0 heterocycles. The summed E-state index contributed by atoms with van der Waals surface area (Å²) in [4.78, 5) is 0. The second-order valence-electron chi connectivity index (χ2n) is 4.73. The third kappa shape index (κ3) is 3.72. The average molecular weight is 251 g/mol. The number of hydrogen-bond donors (Lipinski definition) is 2. The van der Waals surface area contributed by atoms with Gasteiger partial charge in [0.1, 0.15) is 5.75 Å². The summed E-state index contributed by atoms with van der Waals surface area (Å²) in [5.74, 6) is 1.17. The van der Waals surface area contributed by atoms with Gasteiger partial charge >= 0.3 is 0 Å². The number of aryl methyl sites for hydroxylation is 1. The lowest BCUT2D eigenvalue weighted by Crippen LogP contribution is -2.18. The smallest absolute Gasteiger partial charge is 0.122 e. The van der Waals surface area contributed by atoms with Crippen molar-refractivity contribution in [3.63, 3.8) is 0 Å². The Morgan fingerprint density at radius 3 is 2.56 bits per heavy atom. The molecule has 0 spiro atoms. The standard InChI is InChI=1S/C15H25NO2/c1-4-18-15-8-7-14(11(2)12(15)3)6-5-13(9-16)10-17/h7-8,13,17H,4-6,9-10,16H2,1-3H3. The zero-order valence-corrected chi connectivity index (χ0v) is 11.7. The first-order chi connectivity index (χ1) is 8.63. The molecule has 0 bridgehead atoms. The van der Waals surface area contributed by atoms with Gasteiger partial charge in [0.15, 0.2) is 0 Å². The van der Waals surface area contributed by atoms with Crippen LogP contribution in [0.1, 0.15) is 30.0 Å². The first-order valence-electron chi connectivity index (χ1n) is 6.66. The van der Waals surface area contributed by atoms with Crippen LogP contribution >= 0.6 is 0 Å². The zero-order chi connectivity index (χ0) is 13.5. The molecule has 0 aliphatic rings. The van der Waals surface area contributed by atoms with Crippen molar-refractivity contribution < 1.29 is 9.84 Å². The normalized spacial score (nSPS) is 12.5. The van der Waals surface area contributed by atoms with Gasteiger partial charge in [0.25, 0.3) is 0 Å². The molecule has 18 heavy (non-hydrogen) atoms.